The lowest BCUT2D eigenvalue weighted by atomic mass is 10.2. The van der Waals surface area contributed by atoms with Crippen LogP contribution in [0.5, 0.6) is 0 Å². The standard InChI is InChI=1S/C13H12F3NS/c14-13(15,16)11-1-3-12(4-2-11)17-7-5-10-6-8-18-9-10/h1-4,6,8-9,17H,5,7H2. The van der Waals surface area contributed by atoms with Crippen LogP contribution in [0, 0.1) is 0 Å². The molecule has 0 saturated carbocycles. The van der Waals surface area contributed by atoms with Crippen LogP contribution in [0.1, 0.15) is 11.1 Å². The lowest BCUT2D eigenvalue weighted by molar-refractivity contribution is -0.137. The molecular formula is C13H12F3NS. The number of hydrogen-bond acceptors (Lipinski definition) is 2. The molecule has 96 valence electrons. The zero-order valence-corrected chi connectivity index (χ0v) is 10.3. The largest absolute Gasteiger partial charge is 0.416 e. The van der Waals surface area contributed by atoms with Crippen molar-refractivity contribution in [3.05, 3.63) is 52.2 Å². The summed E-state index contributed by atoms with van der Waals surface area (Å²) >= 11 is 1.64. The summed E-state index contributed by atoms with van der Waals surface area (Å²) in [6, 6.07) is 7.13. The maximum absolute atomic E-state index is 12.3. The van der Waals surface area contributed by atoms with Crippen molar-refractivity contribution in [3.8, 4) is 0 Å². The van der Waals surface area contributed by atoms with Crippen molar-refractivity contribution in [3.63, 3.8) is 0 Å². The lowest BCUT2D eigenvalue weighted by Crippen LogP contribution is -2.06. The molecule has 0 bridgehead atoms. The number of nitrogens with one attached hydrogen (secondary N) is 1. The van der Waals surface area contributed by atoms with Gasteiger partial charge >= 0.3 is 6.18 Å². The molecule has 0 unspecified atom stereocenters. The highest BCUT2D eigenvalue weighted by atomic mass is 32.1. The SMILES string of the molecule is FC(F)(F)c1ccc(NCCc2ccsc2)cc1. The Labute approximate surface area is 107 Å². The Morgan fingerprint density at radius 2 is 1.78 bits per heavy atom. The first-order chi connectivity index (χ1) is 8.55. The van der Waals surface area contributed by atoms with Gasteiger partial charge in [-0.2, -0.15) is 24.5 Å². The number of alkyl halides is 3. The molecule has 0 aliphatic rings. The Kier molecular flexibility index (Phi) is 3.91. The van der Waals surface area contributed by atoms with E-state index in [0.717, 1.165) is 18.6 Å². The van der Waals surface area contributed by atoms with E-state index in [-0.39, 0.29) is 0 Å². The van der Waals surface area contributed by atoms with Gasteiger partial charge < -0.3 is 5.32 Å². The zero-order chi connectivity index (χ0) is 13.0. The monoisotopic (exact) mass is 271 g/mol. The van der Waals surface area contributed by atoms with E-state index in [1.807, 2.05) is 11.4 Å². The Bertz CT molecular complexity index is 474. The number of rotatable bonds is 4. The fraction of sp³-hybridized carbons (Fsp3) is 0.231. The van der Waals surface area contributed by atoms with Gasteiger partial charge in [0.1, 0.15) is 0 Å². The van der Waals surface area contributed by atoms with Crippen LogP contribution in [0.15, 0.2) is 41.1 Å². The lowest BCUT2D eigenvalue weighted by Gasteiger charge is -2.09. The summed E-state index contributed by atoms with van der Waals surface area (Å²) < 4.78 is 37.0. The second-order valence-corrected chi connectivity index (χ2v) is 4.66. The topological polar surface area (TPSA) is 12.0 Å². The average molecular weight is 271 g/mol. The summed E-state index contributed by atoms with van der Waals surface area (Å²) in [5.74, 6) is 0. The quantitative estimate of drug-likeness (QED) is 0.868. The Morgan fingerprint density at radius 3 is 2.33 bits per heavy atom. The fourth-order valence-electron chi connectivity index (χ4n) is 1.56. The molecular weight excluding hydrogens is 259 g/mol. The summed E-state index contributed by atoms with van der Waals surface area (Å²) in [4.78, 5) is 0. The van der Waals surface area contributed by atoms with Crippen LogP contribution >= 0.6 is 11.3 Å². The number of hydrogen-bond donors (Lipinski definition) is 1. The van der Waals surface area contributed by atoms with Crippen LogP contribution in [0.2, 0.25) is 0 Å². The minimum absolute atomic E-state index is 0.620. The Morgan fingerprint density at radius 1 is 1.06 bits per heavy atom. The average Bonchev–Trinajstić information content (AvgIpc) is 2.82. The summed E-state index contributed by atoms with van der Waals surface area (Å²) in [5, 5.41) is 7.17. The number of thiophene rings is 1. The van der Waals surface area contributed by atoms with Crippen LogP contribution in [0.3, 0.4) is 0 Å². The molecule has 1 aromatic heterocycles. The molecule has 0 saturated heterocycles. The first kappa shape index (κ1) is 13.0. The minimum atomic E-state index is -4.27. The van der Waals surface area contributed by atoms with E-state index in [2.05, 4.69) is 10.7 Å². The predicted molar refractivity (Wildman–Crippen MR) is 68.0 cm³/mol. The van der Waals surface area contributed by atoms with Crippen LogP contribution in [0.4, 0.5) is 18.9 Å². The second kappa shape index (κ2) is 5.44. The molecule has 2 rings (SSSR count). The maximum Gasteiger partial charge on any atom is 0.416 e. The van der Waals surface area contributed by atoms with Crippen molar-refractivity contribution in [2.24, 2.45) is 0 Å². The first-order valence-corrected chi connectivity index (χ1v) is 6.42. The second-order valence-electron chi connectivity index (χ2n) is 3.88. The first-order valence-electron chi connectivity index (χ1n) is 5.48. The summed E-state index contributed by atoms with van der Waals surface area (Å²) in [6.45, 7) is 0.710. The van der Waals surface area contributed by atoms with Crippen LogP contribution in [-0.2, 0) is 12.6 Å². The third-order valence-corrected chi connectivity index (χ3v) is 3.27. The van der Waals surface area contributed by atoms with Crippen LogP contribution in [-0.4, -0.2) is 6.54 Å². The molecule has 0 amide bonds. The molecule has 0 atom stereocenters. The van der Waals surface area contributed by atoms with Gasteiger partial charge in [0.2, 0.25) is 0 Å². The van der Waals surface area contributed by atoms with Gasteiger partial charge in [-0.1, -0.05) is 0 Å². The number of anilines is 1. The van der Waals surface area contributed by atoms with Gasteiger partial charge in [0, 0.05) is 12.2 Å². The number of benzene rings is 1. The van der Waals surface area contributed by atoms with Gasteiger partial charge in [-0.05, 0) is 53.1 Å². The predicted octanol–water partition coefficient (Wildman–Crippen LogP) is 4.42. The van der Waals surface area contributed by atoms with Crippen molar-refractivity contribution < 1.29 is 13.2 Å². The van der Waals surface area contributed by atoms with Crippen molar-refractivity contribution in [1.82, 2.24) is 0 Å². The van der Waals surface area contributed by atoms with E-state index in [1.165, 1.54) is 17.7 Å². The van der Waals surface area contributed by atoms with Crippen molar-refractivity contribution in [2.45, 2.75) is 12.6 Å². The third kappa shape index (κ3) is 3.50. The Balaban J connectivity index is 1.87. The van der Waals surface area contributed by atoms with Crippen molar-refractivity contribution in [2.75, 3.05) is 11.9 Å². The highest BCUT2D eigenvalue weighted by Gasteiger charge is 2.29. The van der Waals surface area contributed by atoms with E-state index in [1.54, 1.807) is 11.3 Å². The molecule has 0 aliphatic carbocycles. The van der Waals surface area contributed by atoms with Crippen molar-refractivity contribution >= 4 is 17.0 Å². The summed E-state index contributed by atoms with van der Waals surface area (Å²) in [7, 11) is 0. The van der Waals surface area contributed by atoms with Gasteiger partial charge in [-0.15, -0.1) is 0 Å². The molecule has 1 nitrogen and oxygen atoms in total. The third-order valence-electron chi connectivity index (χ3n) is 2.54. The molecule has 0 spiro atoms. The molecule has 1 aromatic carbocycles. The van der Waals surface area contributed by atoms with E-state index >= 15 is 0 Å². The highest BCUT2D eigenvalue weighted by Crippen LogP contribution is 2.29. The Hall–Kier alpha value is -1.49. The van der Waals surface area contributed by atoms with Gasteiger partial charge in [-0.3, -0.25) is 0 Å². The molecule has 0 fully saturated rings. The van der Waals surface area contributed by atoms with E-state index in [0.29, 0.717) is 12.2 Å². The zero-order valence-electron chi connectivity index (χ0n) is 9.50. The molecule has 5 heteroatoms. The normalized spacial score (nSPS) is 11.5. The van der Waals surface area contributed by atoms with Crippen molar-refractivity contribution in [1.29, 1.82) is 0 Å². The van der Waals surface area contributed by atoms with E-state index in [9.17, 15) is 13.2 Å². The molecule has 0 aliphatic heterocycles. The molecule has 0 radical (unpaired) electrons. The van der Waals surface area contributed by atoms with Crippen LogP contribution in [0.25, 0.3) is 0 Å². The van der Waals surface area contributed by atoms with E-state index < -0.39 is 11.7 Å². The summed E-state index contributed by atoms with van der Waals surface area (Å²) in [5.41, 5.74) is 1.32. The van der Waals surface area contributed by atoms with Gasteiger partial charge in [0.25, 0.3) is 0 Å². The molecule has 1 N–H and O–H groups in total. The van der Waals surface area contributed by atoms with Gasteiger partial charge in [0.15, 0.2) is 0 Å². The molecule has 2 aromatic rings. The highest BCUT2D eigenvalue weighted by molar-refractivity contribution is 7.07. The van der Waals surface area contributed by atoms with E-state index in [4.69, 9.17) is 0 Å². The molecule has 18 heavy (non-hydrogen) atoms. The maximum atomic E-state index is 12.3. The smallest absolute Gasteiger partial charge is 0.385 e. The minimum Gasteiger partial charge on any atom is -0.385 e. The van der Waals surface area contributed by atoms with Crippen LogP contribution < -0.4 is 5.32 Å². The van der Waals surface area contributed by atoms with Gasteiger partial charge in [-0.25, -0.2) is 0 Å². The molecule has 1 heterocycles. The number of halogens is 3. The summed E-state index contributed by atoms with van der Waals surface area (Å²) in [6.07, 6.45) is -3.40. The van der Waals surface area contributed by atoms with Gasteiger partial charge in [0.05, 0.1) is 5.56 Å². The fourth-order valence-corrected chi connectivity index (χ4v) is 2.27.